The minimum atomic E-state index is -0.492. The van der Waals surface area contributed by atoms with E-state index in [0.717, 1.165) is 6.26 Å². The summed E-state index contributed by atoms with van der Waals surface area (Å²) in [4.78, 5) is 37.7. The van der Waals surface area contributed by atoms with E-state index in [4.69, 9.17) is 4.74 Å². The molecule has 1 aliphatic rings. The number of amides is 2. The minimum absolute atomic E-state index is 0.211. The molecule has 0 N–H and O–H groups in total. The van der Waals surface area contributed by atoms with Gasteiger partial charge in [0.1, 0.15) is 6.26 Å². The number of rotatable bonds is 2. The van der Waals surface area contributed by atoms with Gasteiger partial charge in [-0.1, -0.05) is 0 Å². The Balaban J connectivity index is 1.93. The van der Waals surface area contributed by atoms with Gasteiger partial charge in [0.15, 0.2) is 0 Å². The summed E-state index contributed by atoms with van der Waals surface area (Å²) >= 11 is 0. The Morgan fingerprint density at radius 2 is 1.85 bits per heavy atom. The molecule has 0 radical (unpaired) electrons. The lowest BCUT2D eigenvalue weighted by Gasteiger charge is -2.33. The average molecular weight is 280 g/mol. The van der Waals surface area contributed by atoms with Gasteiger partial charge in [0.25, 0.3) is 5.91 Å². The van der Waals surface area contributed by atoms with Crippen molar-refractivity contribution in [2.24, 2.45) is 0 Å². The molecule has 0 unspecified atom stereocenters. The average Bonchev–Trinajstić information content (AvgIpc) is 2.48. The molecule has 1 aromatic heterocycles. The molecule has 1 saturated heterocycles. The third kappa shape index (κ3) is 3.17. The molecule has 1 aliphatic heterocycles. The molecule has 1 fully saturated rings. The third-order valence-electron chi connectivity index (χ3n) is 3.04. The van der Waals surface area contributed by atoms with Gasteiger partial charge in [-0.3, -0.25) is 4.79 Å². The Kier molecular flexibility index (Phi) is 4.39. The Morgan fingerprint density at radius 3 is 2.40 bits per heavy atom. The van der Waals surface area contributed by atoms with Crippen molar-refractivity contribution in [1.82, 2.24) is 9.80 Å². The number of carbonyl (C=O) groups is 2. The zero-order chi connectivity index (χ0) is 14.5. The van der Waals surface area contributed by atoms with Crippen LogP contribution in [0, 0.1) is 0 Å². The fourth-order valence-corrected chi connectivity index (χ4v) is 1.97. The summed E-state index contributed by atoms with van der Waals surface area (Å²) in [5, 5.41) is 0. The van der Waals surface area contributed by atoms with Crippen LogP contribution in [0.2, 0.25) is 0 Å². The summed E-state index contributed by atoms with van der Waals surface area (Å²) in [5.41, 5.74) is -0.164. The molecule has 2 rings (SSSR count). The van der Waals surface area contributed by atoms with Gasteiger partial charge in [-0.05, 0) is 13.0 Å². The highest BCUT2D eigenvalue weighted by atomic mass is 16.6. The van der Waals surface area contributed by atoms with Crippen molar-refractivity contribution < 1.29 is 18.7 Å². The second-order valence-electron chi connectivity index (χ2n) is 4.32. The zero-order valence-electron chi connectivity index (χ0n) is 11.2. The first-order valence-electron chi connectivity index (χ1n) is 6.41. The molecule has 0 aliphatic carbocycles. The first-order chi connectivity index (χ1) is 9.61. The van der Waals surface area contributed by atoms with E-state index in [2.05, 4.69) is 4.42 Å². The molecule has 2 amide bonds. The fraction of sp³-hybridized carbons (Fsp3) is 0.462. The van der Waals surface area contributed by atoms with Gasteiger partial charge in [-0.2, -0.15) is 0 Å². The monoisotopic (exact) mass is 280 g/mol. The summed E-state index contributed by atoms with van der Waals surface area (Å²) < 4.78 is 9.58. The SMILES string of the molecule is CCOC(=O)N1CCN(C(=O)c2ccc(=O)oc2)CC1. The lowest BCUT2D eigenvalue weighted by Crippen LogP contribution is -2.50. The Bertz CT molecular complexity index is 525. The van der Waals surface area contributed by atoms with Crippen LogP contribution in [0.4, 0.5) is 4.79 Å². The van der Waals surface area contributed by atoms with Crippen molar-refractivity contribution in [3.63, 3.8) is 0 Å². The van der Waals surface area contributed by atoms with Crippen LogP contribution in [0.15, 0.2) is 27.6 Å². The Morgan fingerprint density at radius 1 is 1.20 bits per heavy atom. The quantitative estimate of drug-likeness (QED) is 0.790. The van der Waals surface area contributed by atoms with E-state index in [0.29, 0.717) is 38.3 Å². The van der Waals surface area contributed by atoms with Crippen molar-refractivity contribution >= 4 is 12.0 Å². The van der Waals surface area contributed by atoms with E-state index in [1.54, 1.807) is 16.7 Å². The number of hydrogen-bond acceptors (Lipinski definition) is 5. The highest BCUT2D eigenvalue weighted by Gasteiger charge is 2.25. The smallest absolute Gasteiger partial charge is 0.409 e. The van der Waals surface area contributed by atoms with Gasteiger partial charge in [-0.15, -0.1) is 0 Å². The van der Waals surface area contributed by atoms with Crippen LogP contribution in [0.25, 0.3) is 0 Å². The molecule has 0 saturated carbocycles. The van der Waals surface area contributed by atoms with E-state index >= 15 is 0 Å². The maximum absolute atomic E-state index is 12.1. The molecule has 0 spiro atoms. The number of piperazine rings is 1. The second kappa shape index (κ2) is 6.23. The molecule has 1 aromatic rings. The van der Waals surface area contributed by atoms with Crippen molar-refractivity contribution in [1.29, 1.82) is 0 Å². The van der Waals surface area contributed by atoms with Crippen molar-refractivity contribution in [3.8, 4) is 0 Å². The van der Waals surface area contributed by atoms with Gasteiger partial charge in [0.05, 0.1) is 12.2 Å². The molecular formula is C13H16N2O5. The molecule has 7 nitrogen and oxygen atoms in total. The van der Waals surface area contributed by atoms with E-state index in [1.165, 1.54) is 12.1 Å². The highest BCUT2D eigenvalue weighted by molar-refractivity contribution is 5.93. The Labute approximate surface area is 115 Å². The number of carbonyl (C=O) groups excluding carboxylic acids is 2. The molecule has 7 heteroatoms. The van der Waals surface area contributed by atoms with Gasteiger partial charge >= 0.3 is 11.7 Å². The number of nitrogens with zero attached hydrogens (tertiary/aromatic N) is 2. The summed E-state index contributed by atoms with van der Waals surface area (Å²) in [6.07, 6.45) is 0.799. The van der Waals surface area contributed by atoms with Crippen LogP contribution in [0.5, 0.6) is 0 Å². The van der Waals surface area contributed by atoms with Crippen LogP contribution in [-0.4, -0.2) is 54.6 Å². The Hall–Kier alpha value is -2.31. The van der Waals surface area contributed by atoms with Crippen molar-refractivity contribution in [3.05, 3.63) is 34.4 Å². The topological polar surface area (TPSA) is 80.1 Å². The molecule has 2 heterocycles. The van der Waals surface area contributed by atoms with Gasteiger partial charge in [0, 0.05) is 32.2 Å². The first-order valence-corrected chi connectivity index (χ1v) is 6.41. The van der Waals surface area contributed by atoms with E-state index in [-0.39, 0.29) is 12.0 Å². The lowest BCUT2D eigenvalue weighted by atomic mass is 10.2. The number of hydrogen-bond donors (Lipinski definition) is 0. The van der Waals surface area contributed by atoms with Crippen LogP contribution >= 0.6 is 0 Å². The zero-order valence-corrected chi connectivity index (χ0v) is 11.2. The van der Waals surface area contributed by atoms with Crippen molar-refractivity contribution in [2.75, 3.05) is 32.8 Å². The van der Waals surface area contributed by atoms with Gasteiger partial charge in [-0.25, -0.2) is 9.59 Å². The standard InChI is InChI=1S/C13H16N2O5/c1-2-19-13(18)15-7-5-14(6-8-15)12(17)10-3-4-11(16)20-9-10/h3-4,9H,2,5-8H2,1H3. The lowest BCUT2D eigenvalue weighted by molar-refractivity contribution is 0.0568. The second-order valence-corrected chi connectivity index (χ2v) is 4.32. The summed E-state index contributed by atoms with van der Waals surface area (Å²) in [7, 11) is 0. The van der Waals surface area contributed by atoms with Crippen LogP contribution < -0.4 is 5.63 Å². The largest absolute Gasteiger partial charge is 0.450 e. The predicted molar refractivity (Wildman–Crippen MR) is 69.5 cm³/mol. The molecule has 0 bridgehead atoms. The summed E-state index contributed by atoms with van der Waals surface area (Å²) in [6.45, 7) is 3.80. The van der Waals surface area contributed by atoms with Gasteiger partial charge < -0.3 is 19.0 Å². The number of ether oxygens (including phenoxy) is 1. The predicted octanol–water partition coefficient (Wildman–Crippen LogP) is 0.554. The van der Waals surface area contributed by atoms with Crippen LogP contribution in [-0.2, 0) is 4.74 Å². The molecule has 20 heavy (non-hydrogen) atoms. The van der Waals surface area contributed by atoms with E-state index < -0.39 is 5.63 Å². The first kappa shape index (κ1) is 14.1. The highest BCUT2D eigenvalue weighted by Crippen LogP contribution is 2.08. The van der Waals surface area contributed by atoms with Crippen LogP contribution in [0.3, 0.4) is 0 Å². The molecular weight excluding hydrogens is 264 g/mol. The van der Waals surface area contributed by atoms with Crippen LogP contribution in [0.1, 0.15) is 17.3 Å². The fourth-order valence-electron chi connectivity index (χ4n) is 1.97. The van der Waals surface area contributed by atoms with E-state index in [1.807, 2.05) is 0 Å². The molecule has 108 valence electrons. The van der Waals surface area contributed by atoms with Gasteiger partial charge in [0.2, 0.25) is 0 Å². The molecule has 0 atom stereocenters. The normalized spacial score (nSPS) is 15.1. The third-order valence-corrected chi connectivity index (χ3v) is 3.04. The minimum Gasteiger partial charge on any atom is -0.450 e. The maximum Gasteiger partial charge on any atom is 0.409 e. The molecule has 0 aromatic carbocycles. The van der Waals surface area contributed by atoms with E-state index in [9.17, 15) is 14.4 Å². The maximum atomic E-state index is 12.1. The van der Waals surface area contributed by atoms with Crippen molar-refractivity contribution in [2.45, 2.75) is 6.92 Å². The summed E-state index contributed by atoms with van der Waals surface area (Å²) in [5.74, 6) is -0.211. The summed E-state index contributed by atoms with van der Waals surface area (Å²) in [6, 6.07) is 2.65.